The Hall–Kier alpha value is -1.43. The highest BCUT2D eigenvalue weighted by molar-refractivity contribution is 6.79. The molecule has 1 aliphatic rings. The summed E-state index contributed by atoms with van der Waals surface area (Å²) in [7, 11) is -1.68. The van der Waals surface area contributed by atoms with Crippen LogP contribution in [-0.4, -0.2) is 41.4 Å². The number of allylic oxidation sites excluding steroid dienone is 1. The van der Waals surface area contributed by atoms with Gasteiger partial charge in [0.1, 0.15) is 5.65 Å². The quantitative estimate of drug-likeness (QED) is 0.716. The fourth-order valence-electron chi connectivity index (χ4n) is 3.64. The second-order valence-corrected chi connectivity index (χ2v) is 14.7. The molecule has 0 bridgehead atoms. The average Bonchev–Trinajstić information content (AvgIpc) is 3.03. The number of ether oxygens (including phenoxy) is 1. The number of aliphatic hydroxyl groups is 1. The zero-order valence-corrected chi connectivity index (χ0v) is 18.7. The maximum atomic E-state index is 9.00. The van der Waals surface area contributed by atoms with Crippen LogP contribution in [0.4, 0.5) is 0 Å². The Kier molecular flexibility index (Phi) is 5.41. The van der Waals surface area contributed by atoms with Gasteiger partial charge in [0.15, 0.2) is 8.24 Å². The van der Waals surface area contributed by atoms with Crippen molar-refractivity contribution >= 4 is 24.8 Å². The Morgan fingerprint density at radius 1 is 1.33 bits per heavy atom. The SMILES string of the molecule is CC1(OCCO)CC=C(c2cnc3c(ccn3[Si](C)(C)C(C)(C)C)c2)CC1. The molecule has 0 radical (unpaired) electrons. The van der Waals surface area contributed by atoms with Crippen molar-refractivity contribution in [1.82, 2.24) is 9.22 Å². The summed E-state index contributed by atoms with van der Waals surface area (Å²) in [5.74, 6) is 0. The van der Waals surface area contributed by atoms with Crippen LogP contribution in [-0.2, 0) is 4.74 Å². The lowest BCUT2D eigenvalue weighted by atomic mass is 9.84. The first-order valence-corrected chi connectivity index (χ1v) is 12.9. The molecule has 0 aromatic carbocycles. The Morgan fingerprint density at radius 3 is 2.67 bits per heavy atom. The highest BCUT2D eigenvalue weighted by Crippen LogP contribution is 2.39. The number of pyridine rings is 1. The minimum absolute atomic E-state index is 0.0813. The van der Waals surface area contributed by atoms with E-state index in [4.69, 9.17) is 14.8 Å². The molecule has 2 aromatic rings. The molecule has 0 spiro atoms. The first-order chi connectivity index (χ1) is 12.6. The molecule has 3 rings (SSSR count). The molecule has 0 aliphatic heterocycles. The predicted molar refractivity (Wildman–Crippen MR) is 116 cm³/mol. The third-order valence-electron chi connectivity index (χ3n) is 6.58. The molecule has 2 aromatic heterocycles. The monoisotopic (exact) mass is 386 g/mol. The predicted octanol–water partition coefficient (Wildman–Crippen LogP) is 5.22. The summed E-state index contributed by atoms with van der Waals surface area (Å²) in [4.78, 5) is 4.87. The molecule has 148 valence electrons. The lowest BCUT2D eigenvalue weighted by Gasteiger charge is -2.38. The first kappa shape index (κ1) is 20.3. The van der Waals surface area contributed by atoms with Crippen LogP contribution in [0.2, 0.25) is 18.1 Å². The minimum atomic E-state index is -1.68. The third kappa shape index (κ3) is 3.91. The van der Waals surface area contributed by atoms with Gasteiger partial charge in [-0.15, -0.1) is 0 Å². The summed E-state index contributed by atoms with van der Waals surface area (Å²) in [5, 5.41) is 10.5. The van der Waals surface area contributed by atoms with E-state index in [1.165, 1.54) is 16.5 Å². The lowest BCUT2D eigenvalue weighted by molar-refractivity contribution is -0.0499. The molecule has 1 N–H and O–H groups in total. The van der Waals surface area contributed by atoms with Gasteiger partial charge in [0, 0.05) is 11.6 Å². The summed E-state index contributed by atoms with van der Waals surface area (Å²) in [6, 6.07) is 4.50. The molecule has 1 atom stereocenters. The summed E-state index contributed by atoms with van der Waals surface area (Å²) >= 11 is 0. The molecular formula is C22H34N2O2Si. The summed E-state index contributed by atoms with van der Waals surface area (Å²) in [5.41, 5.74) is 3.53. The van der Waals surface area contributed by atoms with Crippen molar-refractivity contribution < 1.29 is 9.84 Å². The highest BCUT2D eigenvalue weighted by atomic mass is 28.3. The van der Waals surface area contributed by atoms with E-state index < -0.39 is 8.24 Å². The molecule has 2 heterocycles. The van der Waals surface area contributed by atoms with Gasteiger partial charge in [-0.05, 0) is 60.7 Å². The van der Waals surface area contributed by atoms with Crippen LogP contribution in [0.5, 0.6) is 0 Å². The summed E-state index contributed by atoms with van der Waals surface area (Å²) in [6.07, 6.45) is 9.39. The number of rotatable bonds is 5. The summed E-state index contributed by atoms with van der Waals surface area (Å²) < 4.78 is 8.28. The smallest absolute Gasteiger partial charge is 0.163 e. The van der Waals surface area contributed by atoms with Crippen LogP contribution >= 0.6 is 0 Å². The number of hydrogen-bond acceptors (Lipinski definition) is 3. The second kappa shape index (κ2) is 7.19. The molecule has 5 heteroatoms. The zero-order chi connectivity index (χ0) is 19.9. The molecule has 0 saturated carbocycles. The van der Waals surface area contributed by atoms with Crippen molar-refractivity contribution in [3.8, 4) is 0 Å². The normalized spacial score (nSPS) is 21.5. The summed E-state index contributed by atoms with van der Waals surface area (Å²) in [6.45, 7) is 14.5. The number of hydrogen-bond donors (Lipinski definition) is 1. The number of aromatic nitrogens is 2. The van der Waals surface area contributed by atoms with E-state index >= 15 is 0 Å². The van der Waals surface area contributed by atoms with Crippen LogP contribution in [0.3, 0.4) is 0 Å². The lowest BCUT2D eigenvalue weighted by Crippen LogP contribution is -2.45. The van der Waals surface area contributed by atoms with Crippen molar-refractivity contribution in [3.05, 3.63) is 36.2 Å². The zero-order valence-electron chi connectivity index (χ0n) is 17.7. The average molecular weight is 387 g/mol. The van der Waals surface area contributed by atoms with Crippen LogP contribution in [0.25, 0.3) is 16.6 Å². The standard InChI is InChI=1S/C22H34N2O2Si/c1-21(2,3)27(5,6)24-12-9-18-15-19(16-23-20(18)24)17-7-10-22(4,11-8-17)26-14-13-25/h7,9,12,15-16,25H,8,10-11,13-14H2,1-6H3. The minimum Gasteiger partial charge on any atom is -0.394 e. The number of nitrogens with zero attached hydrogens (tertiary/aromatic N) is 2. The van der Waals surface area contributed by atoms with E-state index in [9.17, 15) is 0 Å². The molecule has 0 saturated heterocycles. The second-order valence-electron chi connectivity index (χ2n) is 9.59. The fraction of sp³-hybridized carbons (Fsp3) is 0.591. The Labute approximate surface area is 164 Å². The van der Waals surface area contributed by atoms with Crippen LogP contribution in [0.15, 0.2) is 30.6 Å². The van der Waals surface area contributed by atoms with Gasteiger partial charge >= 0.3 is 0 Å². The Balaban J connectivity index is 1.87. The van der Waals surface area contributed by atoms with E-state index in [0.29, 0.717) is 6.61 Å². The van der Waals surface area contributed by atoms with E-state index in [-0.39, 0.29) is 17.2 Å². The van der Waals surface area contributed by atoms with Crippen LogP contribution in [0.1, 0.15) is 52.5 Å². The molecule has 0 amide bonds. The van der Waals surface area contributed by atoms with E-state index in [1.807, 2.05) is 6.20 Å². The maximum Gasteiger partial charge on any atom is 0.163 e. The van der Waals surface area contributed by atoms with Gasteiger partial charge in [0.05, 0.1) is 18.8 Å². The van der Waals surface area contributed by atoms with Gasteiger partial charge in [-0.25, -0.2) is 4.98 Å². The van der Waals surface area contributed by atoms with Crippen molar-refractivity contribution in [2.24, 2.45) is 0 Å². The van der Waals surface area contributed by atoms with E-state index in [1.54, 1.807) is 0 Å². The van der Waals surface area contributed by atoms with Crippen LogP contribution in [0, 0.1) is 0 Å². The molecular weight excluding hydrogens is 352 g/mol. The topological polar surface area (TPSA) is 47.3 Å². The number of aliphatic hydroxyl groups excluding tert-OH is 1. The third-order valence-corrected chi connectivity index (χ3v) is 11.8. The largest absolute Gasteiger partial charge is 0.394 e. The molecule has 1 unspecified atom stereocenters. The maximum absolute atomic E-state index is 9.00. The Morgan fingerprint density at radius 2 is 2.07 bits per heavy atom. The van der Waals surface area contributed by atoms with Crippen molar-refractivity contribution in [1.29, 1.82) is 0 Å². The first-order valence-electron chi connectivity index (χ1n) is 9.99. The van der Waals surface area contributed by atoms with Gasteiger partial charge in [-0.2, -0.15) is 0 Å². The molecule has 27 heavy (non-hydrogen) atoms. The highest BCUT2D eigenvalue weighted by Gasteiger charge is 2.38. The van der Waals surface area contributed by atoms with Gasteiger partial charge < -0.3 is 14.1 Å². The van der Waals surface area contributed by atoms with Gasteiger partial charge in [-0.3, -0.25) is 0 Å². The van der Waals surface area contributed by atoms with Crippen molar-refractivity contribution in [2.75, 3.05) is 13.2 Å². The Bertz CT molecular complexity index is 848. The van der Waals surface area contributed by atoms with Crippen LogP contribution < -0.4 is 0 Å². The van der Waals surface area contributed by atoms with Crippen molar-refractivity contribution in [3.63, 3.8) is 0 Å². The molecule has 1 aliphatic carbocycles. The van der Waals surface area contributed by atoms with Crippen molar-refractivity contribution in [2.45, 2.75) is 70.7 Å². The fourth-order valence-corrected chi connectivity index (χ4v) is 5.53. The van der Waals surface area contributed by atoms with Gasteiger partial charge in [-0.1, -0.05) is 39.9 Å². The van der Waals surface area contributed by atoms with E-state index in [2.05, 4.69) is 69.4 Å². The van der Waals surface area contributed by atoms with Gasteiger partial charge in [0.25, 0.3) is 0 Å². The van der Waals surface area contributed by atoms with Gasteiger partial charge in [0.2, 0.25) is 0 Å². The molecule has 4 nitrogen and oxygen atoms in total. The number of fused-ring (bicyclic) bond motifs is 1. The molecule has 0 fully saturated rings. The van der Waals surface area contributed by atoms with E-state index in [0.717, 1.165) is 24.9 Å².